The first-order valence-electron chi connectivity index (χ1n) is 5.80. The Balaban J connectivity index is 2.15. The molecule has 1 heterocycles. The number of para-hydroxylation sites is 1. The van der Waals surface area contributed by atoms with E-state index < -0.39 is 11.5 Å². The van der Waals surface area contributed by atoms with Gasteiger partial charge in [0.2, 0.25) is 5.91 Å². The lowest BCUT2D eigenvalue weighted by atomic mass is 9.98. The van der Waals surface area contributed by atoms with Crippen molar-refractivity contribution in [3.63, 3.8) is 0 Å². The fraction of sp³-hybridized carbons (Fsp3) is 0.385. The average molecular weight is 248 g/mol. The van der Waals surface area contributed by atoms with Crippen LogP contribution in [0.2, 0.25) is 0 Å². The normalized spacial score (nSPS) is 17.8. The van der Waals surface area contributed by atoms with Crippen LogP contribution in [0.25, 0.3) is 0 Å². The highest BCUT2D eigenvalue weighted by Crippen LogP contribution is 2.31. The molecule has 96 valence electrons. The summed E-state index contributed by atoms with van der Waals surface area (Å²) < 4.78 is 0. The number of hydrogen-bond acceptors (Lipinski definition) is 3. The van der Waals surface area contributed by atoms with Gasteiger partial charge in [-0.3, -0.25) is 4.79 Å². The second kappa shape index (κ2) is 4.33. The summed E-state index contributed by atoms with van der Waals surface area (Å²) in [7, 11) is 0. The van der Waals surface area contributed by atoms with Crippen LogP contribution in [0.15, 0.2) is 24.3 Å². The van der Waals surface area contributed by atoms with Crippen molar-refractivity contribution in [2.45, 2.75) is 25.3 Å². The Hall–Kier alpha value is -2.04. The van der Waals surface area contributed by atoms with Gasteiger partial charge in [-0.2, -0.15) is 0 Å². The van der Waals surface area contributed by atoms with Crippen LogP contribution < -0.4 is 10.6 Å². The van der Waals surface area contributed by atoms with Crippen molar-refractivity contribution in [1.82, 2.24) is 5.32 Å². The number of benzene rings is 1. The highest BCUT2D eigenvalue weighted by molar-refractivity contribution is 5.92. The molecule has 5 nitrogen and oxygen atoms in total. The number of nitrogens with one attached hydrogen (secondary N) is 2. The second-order valence-electron chi connectivity index (χ2n) is 4.94. The Bertz CT molecular complexity index is 497. The lowest BCUT2D eigenvalue weighted by Crippen LogP contribution is -2.51. The predicted octanol–water partition coefficient (Wildman–Crippen LogP) is 1.18. The minimum Gasteiger partial charge on any atom is -0.480 e. The van der Waals surface area contributed by atoms with Gasteiger partial charge in [-0.1, -0.05) is 18.2 Å². The van der Waals surface area contributed by atoms with E-state index in [0.29, 0.717) is 6.54 Å². The summed E-state index contributed by atoms with van der Waals surface area (Å²) in [5, 5.41) is 14.7. The number of fused-ring (bicyclic) bond motifs is 1. The number of hydrogen-bond donors (Lipinski definition) is 3. The molecule has 18 heavy (non-hydrogen) atoms. The van der Waals surface area contributed by atoms with Crippen molar-refractivity contribution in [3.05, 3.63) is 29.8 Å². The van der Waals surface area contributed by atoms with E-state index >= 15 is 0 Å². The Morgan fingerprint density at radius 2 is 2.06 bits per heavy atom. The summed E-state index contributed by atoms with van der Waals surface area (Å²) in [6.45, 7) is 3.45. The molecule has 0 fully saturated rings. The highest BCUT2D eigenvalue weighted by atomic mass is 16.4. The van der Waals surface area contributed by atoms with Crippen LogP contribution in [0.3, 0.4) is 0 Å². The molecule has 0 saturated carbocycles. The topological polar surface area (TPSA) is 78.4 Å². The molecule has 0 spiro atoms. The Morgan fingerprint density at radius 1 is 1.39 bits per heavy atom. The zero-order chi connectivity index (χ0) is 13.3. The molecule has 1 unspecified atom stereocenters. The summed E-state index contributed by atoms with van der Waals surface area (Å²) in [6.07, 6.45) is 0. The predicted molar refractivity (Wildman–Crippen MR) is 67.5 cm³/mol. The van der Waals surface area contributed by atoms with Gasteiger partial charge in [0.1, 0.15) is 5.54 Å². The van der Waals surface area contributed by atoms with Crippen LogP contribution >= 0.6 is 0 Å². The van der Waals surface area contributed by atoms with Crippen molar-refractivity contribution in [2.75, 3.05) is 11.9 Å². The Labute approximate surface area is 105 Å². The van der Waals surface area contributed by atoms with E-state index in [1.807, 2.05) is 24.3 Å². The van der Waals surface area contributed by atoms with E-state index in [1.54, 1.807) is 0 Å². The molecule has 0 bridgehead atoms. The molecule has 1 aliphatic rings. The van der Waals surface area contributed by atoms with E-state index in [0.717, 1.165) is 11.3 Å². The van der Waals surface area contributed by atoms with Gasteiger partial charge in [-0.05, 0) is 25.5 Å². The number of anilines is 1. The number of rotatable bonds is 3. The molecule has 0 saturated heterocycles. The van der Waals surface area contributed by atoms with Crippen molar-refractivity contribution in [1.29, 1.82) is 0 Å². The quantitative estimate of drug-likeness (QED) is 0.750. The number of carbonyl (C=O) groups is 2. The maximum Gasteiger partial charge on any atom is 0.328 e. The number of amides is 1. The van der Waals surface area contributed by atoms with Crippen molar-refractivity contribution in [2.24, 2.45) is 0 Å². The maximum absolute atomic E-state index is 12.1. The molecule has 0 radical (unpaired) electrons. The molecule has 1 amide bonds. The minimum absolute atomic E-state index is 0.264. The average Bonchev–Trinajstić information content (AvgIpc) is 2.71. The smallest absolute Gasteiger partial charge is 0.328 e. The lowest BCUT2D eigenvalue weighted by molar-refractivity contribution is -0.146. The standard InChI is InChI=1S/C13H16N2O3/c1-13(2,12(17)18)15-11(16)9-7-14-10-6-4-3-5-8(9)10/h3-6,9,14H,7H2,1-2H3,(H,15,16)(H,17,18). The van der Waals surface area contributed by atoms with Crippen molar-refractivity contribution >= 4 is 17.6 Å². The van der Waals surface area contributed by atoms with Gasteiger partial charge in [0.15, 0.2) is 0 Å². The fourth-order valence-electron chi connectivity index (χ4n) is 1.97. The van der Waals surface area contributed by atoms with Crippen LogP contribution in [0.5, 0.6) is 0 Å². The number of aliphatic carboxylic acids is 1. The molecule has 0 aromatic heterocycles. The SMILES string of the molecule is CC(C)(NC(=O)C1CNc2ccccc21)C(=O)O. The van der Waals surface area contributed by atoms with Gasteiger partial charge in [-0.25, -0.2) is 4.79 Å². The first kappa shape index (κ1) is 12.4. The van der Waals surface area contributed by atoms with Crippen LogP contribution in [-0.4, -0.2) is 29.1 Å². The third-order valence-electron chi connectivity index (χ3n) is 3.12. The molecular formula is C13H16N2O3. The molecule has 3 N–H and O–H groups in total. The van der Waals surface area contributed by atoms with Gasteiger partial charge >= 0.3 is 5.97 Å². The van der Waals surface area contributed by atoms with E-state index in [-0.39, 0.29) is 11.8 Å². The first-order chi connectivity index (χ1) is 8.42. The number of carbonyl (C=O) groups excluding carboxylic acids is 1. The molecule has 1 aliphatic heterocycles. The van der Waals surface area contributed by atoms with Crippen LogP contribution in [0.1, 0.15) is 25.3 Å². The number of carboxylic acids is 1. The van der Waals surface area contributed by atoms with E-state index in [9.17, 15) is 9.59 Å². The molecule has 1 aromatic rings. The number of carboxylic acid groups (broad SMARTS) is 1. The van der Waals surface area contributed by atoms with Crippen LogP contribution in [-0.2, 0) is 9.59 Å². The monoisotopic (exact) mass is 248 g/mol. The third kappa shape index (κ3) is 2.16. The third-order valence-corrected chi connectivity index (χ3v) is 3.12. The Morgan fingerprint density at radius 3 is 2.72 bits per heavy atom. The van der Waals surface area contributed by atoms with E-state index in [4.69, 9.17) is 5.11 Å². The van der Waals surface area contributed by atoms with E-state index in [1.165, 1.54) is 13.8 Å². The maximum atomic E-state index is 12.1. The first-order valence-corrected chi connectivity index (χ1v) is 5.80. The lowest BCUT2D eigenvalue weighted by Gasteiger charge is -2.23. The van der Waals surface area contributed by atoms with Gasteiger partial charge < -0.3 is 15.7 Å². The van der Waals surface area contributed by atoms with Crippen LogP contribution in [0.4, 0.5) is 5.69 Å². The van der Waals surface area contributed by atoms with Gasteiger partial charge in [0, 0.05) is 12.2 Å². The van der Waals surface area contributed by atoms with Crippen molar-refractivity contribution in [3.8, 4) is 0 Å². The summed E-state index contributed by atoms with van der Waals surface area (Å²) in [5.74, 6) is -1.64. The zero-order valence-corrected chi connectivity index (χ0v) is 10.4. The summed E-state index contributed by atoms with van der Waals surface area (Å²) in [5.41, 5.74) is 0.594. The molecular weight excluding hydrogens is 232 g/mol. The fourth-order valence-corrected chi connectivity index (χ4v) is 1.97. The molecule has 1 atom stereocenters. The molecule has 2 rings (SSSR count). The Kier molecular flexibility index (Phi) is 2.98. The van der Waals surface area contributed by atoms with Crippen LogP contribution in [0, 0.1) is 0 Å². The second-order valence-corrected chi connectivity index (χ2v) is 4.94. The van der Waals surface area contributed by atoms with Gasteiger partial charge in [0.25, 0.3) is 0 Å². The molecule has 5 heteroatoms. The van der Waals surface area contributed by atoms with Crippen molar-refractivity contribution < 1.29 is 14.7 Å². The summed E-state index contributed by atoms with van der Waals surface area (Å²) in [6, 6.07) is 7.56. The zero-order valence-electron chi connectivity index (χ0n) is 10.4. The summed E-state index contributed by atoms with van der Waals surface area (Å²) in [4.78, 5) is 23.1. The van der Waals surface area contributed by atoms with Gasteiger partial charge in [0.05, 0.1) is 5.92 Å². The van der Waals surface area contributed by atoms with E-state index in [2.05, 4.69) is 10.6 Å². The molecule has 0 aliphatic carbocycles. The minimum atomic E-state index is -1.26. The summed E-state index contributed by atoms with van der Waals surface area (Å²) >= 11 is 0. The highest BCUT2D eigenvalue weighted by Gasteiger charge is 2.34. The molecule has 1 aromatic carbocycles. The largest absolute Gasteiger partial charge is 0.480 e. The van der Waals surface area contributed by atoms with Gasteiger partial charge in [-0.15, -0.1) is 0 Å².